The number of amidine groups is 1. The van der Waals surface area contributed by atoms with E-state index < -0.39 is 5.54 Å². The molecule has 1 aliphatic rings. The van der Waals surface area contributed by atoms with Gasteiger partial charge in [0.25, 0.3) is 5.91 Å². The minimum atomic E-state index is -0.665. The van der Waals surface area contributed by atoms with Crippen LogP contribution in [0.25, 0.3) is 0 Å². The molecule has 17 heavy (non-hydrogen) atoms. The van der Waals surface area contributed by atoms with Crippen LogP contribution in [0.1, 0.15) is 26.5 Å². The van der Waals surface area contributed by atoms with E-state index in [0.717, 1.165) is 5.69 Å². The standard InChI is InChI=1S/C13H17N3O/c1-9(2)13(3)12(17)16(4)11(15-13)10-7-5-6-8-14-10/h5-9H,1-4H3. The second kappa shape index (κ2) is 3.95. The molecule has 1 aromatic rings. The predicted molar refractivity (Wildman–Crippen MR) is 66.8 cm³/mol. The average molecular weight is 231 g/mol. The van der Waals surface area contributed by atoms with E-state index in [2.05, 4.69) is 9.98 Å². The Morgan fingerprint density at radius 1 is 1.35 bits per heavy atom. The zero-order chi connectivity index (χ0) is 12.6. The van der Waals surface area contributed by atoms with Crippen LogP contribution in [0.3, 0.4) is 0 Å². The largest absolute Gasteiger partial charge is 0.296 e. The van der Waals surface area contributed by atoms with Crippen molar-refractivity contribution in [3.05, 3.63) is 30.1 Å². The van der Waals surface area contributed by atoms with Crippen molar-refractivity contribution in [1.29, 1.82) is 0 Å². The number of aromatic nitrogens is 1. The van der Waals surface area contributed by atoms with E-state index in [4.69, 9.17) is 0 Å². The Morgan fingerprint density at radius 2 is 2.06 bits per heavy atom. The van der Waals surface area contributed by atoms with Crippen molar-refractivity contribution >= 4 is 11.7 Å². The number of carbonyl (C=O) groups is 1. The van der Waals surface area contributed by atoms with E-state index in [-0.39, 0.29) is 11.8 Å². The summed E-state index contributed by atoms with van der Waals surface area (Å²) >= 11 is 0. The van der Waals surface area contributed by atoms with E-state index >= 15 is 0 Å². The molecule has 2 heterocycles. The zero-order valence-corrected chi connectivity index (χ0v) is 10.6. The maximum atomic E-state index is 12.2. The predicted octanol–water partition coefficient (Wildman–Crippen LogP) is 1.71. The summed E-state index contributed by atoms with van der Waals surface area (Å²) in [5.74, 6) is 0.860. The molecule has 0 spiro atoms. The van der Waals surface area contributed by atoms with Crippen molar-refractivity contribution in [2.45, 2.75) is 26.3 Å². The molecule has 4 heteroatoms. The van der Waals surface area contributed by atoms with Crippen LogP contribution in [0.15, 0.2) is 29.4 Å². The Labute approximate surface area is 101 Å². The third-order valence-electron chi connectivity index (χ3n) is 3.41. The number of amides is 1. The van der Waals surface area contributed by atoms with Crippen molar-refractivity contribution < 1.29 is 4.79 Å². The van der Waals surface area contributed by atoms with Gasteiger partial charge in [0, 0.05) is 13.2 Å². The lowest BCUT2D eigenvalue weighted by atomic mass is 9.89. The van der Waals surface area contributed by atoms with Crippen LogP contribution in [-0.2, 0) is 4.79 Å². The molecule has 1 aliphatic heterocycles. The van der Waals surface area contributed by atoms with Crippen LogP contribution in [-0.4, -0.2) is 34.2 Å². The average Bonchev–Trinajstić information content (AvgIpc) is 2.56. The number of pyridine rings is 1. The van der Waals surface area contributed by atoms with Crippen molar-refractivity contribution in [2.24, 2.45) is 10.9 Å². The molecule has 0 radical (unpaired) electrons. The number of nitrogens with zero attached hydrogens (tertiary/aromatic N) is 3. The molecular formula is C13H17N3O. The smallest absolute Gasteiger partial charge is 0.255 e. The summed E-state index contributed by atoms with van der Waals surface area (Å²) in [5.41, 5.74) is 0.0782. The Bertz CT molecular complexity index is 467. The van der Waals surface area contributed by atoms with E-state index in [1.807, 2.05) is 39.0 Å². The summed E-state index contributed by atoms with van der Waals surface area (Å²) in [4.78, 5) is 22.7. The molecule has 1 amide bonds. The summed E-state index contributed by atoms with van der Waals surface area (Å²) in [5, 5.41) is 0. The van der Waals surface area contributed by atoms with Gasteiger partial charge in [0.2, 0.25) is 0 Å². The Balaban J connectivity index is 2.47. The van der Waals surface area contributed by atoms with Gasteiger partial charge in [-0.2, -0.15) is 0 Å². The maximum Gasteiger partial charge on any atom is 0.255 e. The number of aliphatic imine (C=N–C) groups is 1. The van der Waals surface area contributed by atoms with Crippen molar-refractivity contribution in [3.63, 3.8) is 0 Å². The molecule has 0 fully saturated rings. The quantitative estimate of drug-likeness (QED) is 0.778. The van der Waals surface area contributed by atoms with E-state index in [1.54, 1.807) is 18.1 Å². The van der Waals surface area contributed by atoms with Crippen molar-refractivity contribution in [2.75, 3.05) is 7.05 Å². The molecule has 2 rings (SSSR count). The molecule has 0 saturated heterocycles. The monoisotopic (exact) mass is 231 g/mol. The maximum absolute atomic E-state index is 12.2. The molecule has 90 valence electrons. The number of carbonyl (C=O) groups excluding carboxylic acids is 1. The van der Waals surface area contributed by atoms with Crippen LogP contribution in [0.4, 0.5) is 0 Å². The van der Waals surface area contributed by atoms with Gasteiger partial charge >= 0.3 is 0 Å². The van der Waals surface area contributed by atoms with Crippen LogP contribution in [0.5, 0.6) is 0 Å². The first-order valence-corrected chi connectivity index (χ1v) is 5.76. The summed E-state index contributed by atoms with van der Waals surface area (Å²) < 4.78 is 0. The lowest BCUT2D eigenvalue weighted by Crippen LogP contribution is -2.42. The molecule has 1 aromatic heterocycles. The van der Waals surface area contributed by atoms with Crippen LogP contribution in [0.2, 0.25) is 0 Å². The fraction of sp³-hybridized carbons (Fsp3) is 0.462. The fourth-order valence-corrected chi connectivity index (χ4v) is 1.88. The van der Waals surface area contributed by atoms with Crippen LogP contribution >= 0.6 is 0 Å². The number of likely N-dealkylation sites (N-methyl/N-ethyl adjacent to an activating group) is 1. The molecule has 0 N–H and O–H groups in total. The lowest BCUT2D eigenvalue weighted by molar-refractivity contribution is -0.131. The zero-order valence-electron chi connectivity index (χ0n) is 10.6. The van der Waals surface area contributed by atoms with Gasteiger partial charge in [-0.25, -0.2) is 4.99 Å². The number of rotatable bonds is 2. The number of hydrogen-bond acceptors (Lipinski definition) is 3. The summed E-state index contributed by atoms with van der Waals surface area (Å²) in [7, 11) is 1.75. The van der Waals surface area contributed by atoms with Gasteiger partial charge in [-0.15, -0.1) is 0 Å². The second-order valence-corrected chi connectivity index (χ2v) is 4.82. The molecule has 0 aromatic carbocycles. The van der Waals surface area contributed by atoms with Gasteiger partial charge in [-0.1, -0.05) is 19.9 Å². The van der Waals surface area contributed by atoms with Gasteiger partial charge < -0.3 is 0 Å². The molecule has 1 atom stereocenters. The van der Waals surface area contributed by atoms with Crippen LogP contribution in [0, 0.1) is 5.92 Å². The normalized spacial score (nSPS) is 24.4. The Hall–Kier alpha value is -1.71. The van der Waals surface area contributed by atoms with Gasteiger partial charge in [0.15, 0.2) is 5.84 Å². The second-order valence-electron chi connectivity index (χ2n) is 4.82. The third kappa shape index (κ3) is 1.73. The minimum absolute atomic E-state index is 0.0353. The van der Waals surface area contributed by atoms with Gasteiger partial charge in [0.05, 0.1) is 0 Å². The van der Waals surface area contributed by atoms with Crippen molar-refractivity contribution in [3.8, 4) is 0 Å². The highest BCUT2D eigenvalue weighted by molar-refractivity contribution is 6.14. The Morgan fingerprint density at radius 3 is 2.53 bits per heavy atom. The third-order valence-corrected chi connectivity index (χ3v) is 3.41. The first-order chi connectivity index (χ1) is 7.97. The highest BCUT2D eigenvalue weighted by Crippen LogP contribution is 2.30. The SMILES string of the molecule is CC(C)C1(C)N=C(c2ccccn2)N(C)C1=O. The lowest BCUT2D eigenvalue weighted by Gasteiger charge is -2.23. The molecular weight excluding hydrogens is 214 g/mol. The summed E-state index contributed by atoms with van der Waals surface area (Å²) in [6, 6.07) is 5.62. The topological polar surface area (TPSA) is 45.6 Å². The summed E-state index contributed by atoms with van der Waals surface area (Å²) in [6.07, 6.45) is 1.71. The first-order valence-electron chi connectivity index (χ1n) is 5.76. The minimum Gasteiger partial charge on any atom is -0.296 e. The van der Waals surface area contributed by atoms with E-state index in [1.165, 1.54) is 0 Å². The molecule has 4 nitrogen and oxygen atoms in total. The van der Waals surface area contributed by atoms with Crippen molar-refractivity contribution in [1.82, 2.24) is 9.88 Å². The first kappa shape index (κ1) is 11.8. The van der Waals surface area contributed by atoms with E-state index in [9.17, 15) is 4.79 Å². The fourth-order valence-electron chi connectivity index (χ4n) is 1.88. The summed E-state index contributed by atoms with van der Waals surface area (Å²) in [6.45, 7) is 5.90. The number of hydrogen-bond donors (Lipinski definition) is 0. The Kier molecular flexibility index (Phi) is 2.73. The van der Waals surface area contributed by atoms with Crippen LogP contribution < -0.4 is 0 Å². The van der Waals surface area contributed by atoms with Gasteiger partial charge in [0.1, 0.15) is 11.2 Å². The highest BCUT2D eigenvalue weighted by Gasteiger charge is 2.45. The van der Waals surface area contributed by atoms with E-state index in [0.29, 0.717) is 5.84 Å². The molecule has 1 unspecified atom stereocenters. The molecule has 0 aliphatic carbocycles. The molecule has 0 saturated carbocycles. The highest BCUT2D eigenvalue weighted by atomic mass is 16.2. The molecule has 0 bridgehead atoms. The van der Waals surface area contributed by atoms with Gasteiger partial charge in [-0.05, 0) is 25.0 Å². The van der Waals surface area contributed by atoms with Gasteiger partial charge in [-0.3, -0.25) is 14.7 Å².